The van der Waals surface area contributed by atoms with Crippen molar-refractivity contribution < 1.29 is 9.18 Å². The zero-order valence-corrected chi connectivity index (χ0v) is 18.2. The molecule has 0 saturated heterocycles. The molecular formula is C28H24FN3O. The van der Waals surface area contributed by atoms with Gasteiger partial charge >= 0.3 is 0 Å². The Morgan fingerprint density at radius 2 is 1.64 bits per heavy atom. The van der Waals surface area contributed by atoms with Gasteiger partial charge in [0.2, 0.25) is 5.91 Å². The molecule has 4 aromatic rings. The Balaban J connectivity index is 1.43. The van der Waals surface area contributed by atoms with Crippen LogP contribution in [0.15, 0.2) is 78.9 Å². The van der Waals surface area contributed by atoms with Crippen LogP contribution in [0, 0.1) is 5.82 Å². The Kier molecular flexibility index (Phi) is 5.94. The van der Waals surface area contributed by atoms with Crippen molar-refractivity contribution in [1.82, 2.24) is 9.97 Å². The van der Waals surface area contributed by atoms with Crippen LogP contribution in [0.25, 0.3) is 22.5 Å². The third-order valence-corrected chi connectivity index (χ3v) is 5.94. The lowest BCUT2D eigenvalue weighted by atomic mass is 9.91. The van der Waals surface area contributed by atoms with E-state index in [4.69, 9.17) is 9.97 Å². The van der Waals surface area contributed by atoms with Gasteiger partial charge in [-0.15, -0.1) is 0 Å². The first-order valence-electron chi connectivity index (χ1n) is 11.3. The van der Waals surface area contributed by atoms with E-state index in [1.807, 2.05) is 48.5 Å². The predicted octanol–water partition coefficient (Wildman–Crippen LogP) is 6.01. The second-order valence-corrected chi connectivity index (χ2v) is 8.27. The molecule has 0 radical (unpaired) electrons. The minimum Gasteiger partial charge on any atom is -0.309 e. The van der Waals surface area contributed by atoms with E-state index < -0.39 is 0 Å². The van der Waals surface area contributed by atoms with Crippen LogP contribution in [-0.2, 0) is 24.1 Å². The Morgan fingerprint density at radius 3 is 2.42 bits per heavy atom. The Hall–Kier alpha value is -3.86. The zero-order chi connectivity index (χ0) is 22.6. The molecule has 0 bridgehead atoms. The van der Waals surface area contributed by atoms with Gasteiger partial charge in [-0.2, -0.15) is 0 Å². The largest absolute Gasteiger partial charge is 0.309 e. The van der Waals surface area contributed by atoms with Crippen molar-refractivity contribution >= 4 is 11.7 Å². The van der Waals surface area contributed by atoms with Crippen molar-refractivity contribution in [3.63, 3.8) is 0 Å². The number of rotatable bonds is 6. The molecule has 1 aliphatic carbocycles. The lowest BCUT2D eigenvalue weighted by molar-refractivity contribution is -0.116. The Morgan fingerprint density at radius 1 is 0.879 bits per heavy atom. The number of hydrogen-bond acceptors (Lipinski definition) is 3. The number of hydrogen-bond donors (Lipinski definition) is 1. The standard InChI is InChI=1S/C28H24FN3O/c29-22-15-16-23-21(18-22)14-17-24-27(23)32-26(20-11-5-2-6-12-20)28(30-24)31-25(33)13-7-10-19-8-3-1-4-9-19/h1-6,8-9,11-12,15-16,18H,7,10,13-14,17H2,(H,30,31,33). The quantitative estimate of drug-likeness (QED) is 0.402. The number of fused-ring (bicyclic) bond motifs is 3. The van der Waals surface area contributed by atoms with Gasteiger partial charge in [-0.1, -0.05) is 60.7 Å². The fourth-order valence-electron chi connectivity index (χ4n) is 4.29. The summed E-state index contributed by atoms with van der Waals surface area (Å²) in [5, 5.41) is 3.01. The van der Waals surface area contributed by atoms with Gasteiger partial charge in [0.15, 0.2) is 5.82 Å². The number of benzene rings is 3. The molecule has 33 heavy (non-hydrogen) atoms. The number of aromatic nitrogens is 2. The number of carbonyl (C=O) groups is 1. The maximum atomic E-state index is 13.7. The summed E-state index contributed by atoms with van der Waals surface area (Å²) in [6.07, 6.45) is 3.37. The molecule has 0 fully saturated rings. The molecule has 0 atom stereocenters. The molecule has 4 nitrogen and oxygen atoms in total. The summed E-state index contributed by atoms with van der Waals surface area (Å²) >= 11 is 0. The van der Waals surface area contributed by atoms with Crippen molar-refractivity contribution in [2.75, 3.05) is 5.32 Å². The van der Waals surface area contributed by atoms with Crippen LogP contribution in [0.1, 0.15) is 29.7 Å². The molecule has 164 valence electrons. The summed E-state index contributed by atoms with van der Waals surface area (Å²) in [5.74, 6) is 0.165. The van der Waals surface area contributed by atoms with E-state index in [0.29, 0.717) is 30.8 Å². The van der Waals surface area contributed by atoms with Crippen molar-refractivity contribution in [1.29, 1.82) is 0 Å². The normalized spacial score (nSPS) is 12.0. The highest BCUT2D eigenvalue weighted by Crippen LogP contribution is 2.36. The van der Waals surface area contributed by atoms with Crippen LogP contribution in [0.2, 0.25) is 0 Å². The molecule has 5 rings (SSSR count). The van der Waals surface area contributed by atoms with Crippen LogP contribution >= 0.6 is 0 Å². The highest BCUT2D eigenvalue weighted by Gasteiger charge is 2.23. The van der Waals surface area contributed by atoms with E-state index in [2.05, 4.69) is 17.4 Å². The number of anilines is 1. The van der Waals surface area contributed by atoms with Crippen molar-refractivity contribution in [2.24, 2.45) is 0 Å². The van der Waals surface area contributed by atoms with Gasteiger partial charge in [-0.25, -0.2) is 14.4 Å². The maximum Gasteiger partial charge on any atom is 0.225 e. The molecule has 1 N–H and O–H groups in total. The maximum absolute atomic E-state index is 13.7. The Bertz CT molecular complexity index is 1290. The fourth-order valence-corrected chi connectivity index (χ4v) is 4.29. The number of aryl methyl sites for hydroxylation is 3. The molecule has 1 aliphatic rings. The first-order valence-corrected chi connectivity index (χ1v) is 11.3. The minimum atomic E-state index is -0.243. The van der Waals surface area contributed by atoms with Gasteiger partial charge in [-0.3, -0.25) is 4.79 Å². The highest BCUT2D eigenvalue weighted by atomic mass is 19.1. The molecule has 5 heteroatoms. The average molecular weight is 438 g/mol. The second kappa shape index (κ2) is 9.33. The third-order valence-electron chi connectivity index (χ3n) is 5.94. The summed E-state index contributed by atoms with van der Waals surface area (Å²) in [6.45, 7) is 0. The van der Waals surface area contributed by atoms with E-state index in [9.17, 15) is 9.18 Å². The molecule has 0 saturated carbocycles. The summed E-state index contributed by atoms with van der Waals surface area (Å²) < 4.78 is 13.7. The van der Waals surface area contributed by atoms with Gasteiger partial charge in [0, 0.05) is 17.5 Å². The monoisotopic (exact) mass is 437 g/mol. The average Bonchev–Trinajstić information content (AvgIpc) is 2.84. The van der Waals surface area contributed by atoms with E-state index >= 15 is 0 Å². The smallest absolute Gasteiger partial charge is 0.225 e. The van der Waals surface area contributed by atoms with Crippen LogP contribution in [0.4, 0.5) is 10.2 Å². The van der Waals surface area contributed by atoms with E-state index in [1.165, 1.54) is 11.6 Å². The van der Waals surface area contributed by atoms with Crippen LogP contribution in [0.3, 0.4) is 0 Å². The Labute approximate surface area is 192 Å². The first kappa shape index (κ1) is 21.0. The number of nitrogens with zero attached hydrogens (tertiary/aromatic N) is 2. The van der Waals surface area contributed by atoms with Gasteiger partial charge < -0.3 is 5.32 Å². The molecule has 0 spiro atoms. The van der Waals surface area contributed by atoms with Crippen molar-refractivity contribution in [2.45, 2.75) is 32.1 Å². The number of halogens is 1. The SMILES string of the molecule is O=C(CCCc1ccccc1)Nc1nc2c(nc1-c1ccccc1)-c1ccc(F)cc1CC2. The lowest BCUT2D eigenvalue weighted by Crippen LogP contribution is -2.17. The molecule has 1 aromatic heterocycles. The summed E-state index contributed by atoms with van der Waals surface area (Å²) in [5.41, 5.74) is 6.16. The zero-order valence-electron chi connectivity index (χ0n) is 18.2. The molecule has 0 unspecified atom stereocenters. The van der Waals surface area contributed by atoms with Gasteiger partial charge in [0.05, 0.1) is 11.4 Å². The van der Waals surface area contributed by atoms with E-state index in [1.54, 1.807) is 12.1 Å². The van der Waals surface area contributed by atoms with Crippen LogP contribution in [0.5, 0.6) is 0 Å². The van der Waals surface area contributed by atoms with Crippen molar-refractivity contribution in [3.05, 3.63) is 102 Å². The minimum absolute atomic E-state index is 0.0735. The van der Waals surface area contributed by atoms with Gasteiger partial charge in [0.1, 0.15) is 11.5 Å². The third kappa shape index (κ3) is 4.67. The summed E-state index contributed by atoms with van der Waals surface area (Å²) in [7, 11) is 0. The molecule has 1 amide bonds. The number of amides is 1. The number of nitrogens with one attached hydrogen (secondary N) is 1. The lowest BCUT2D eigenvalue weighted by Gasteiger charge is -2.21. The molecular weight excluding hydrogens is 413 g/mol. The fraction of sp³-hybridized carbons (Fsp3) is 0.179. The molecule has 3 aromatic carbocycles. The van der Waals surface area contributed by atoms with Crippen molar-refractivity contribution in [3.8, 4) is 22.5 Å². The van der Waals surface area contributed by atoms with Gasteiger partial charge in [-0.05, 0) is 55.0 Å². The second-order valence-electron chi connectivity index (χ2n) is 8.27. The van der Waals surface area contributed by atoms with Crippen LogP contribution < -0.4 is 5.32 Å². The molecule has 0 aliphatic heterocycles. The predicted molar refractivity (Wildman–Crippen MR) is 128 cm³/mol. The van der Waals surface area contributed by atoms with E-state index in [-0.39, 0.29) is 11.7 Å². The number of carbonyl (C=O) groups excluding carboxylic acids is 1. The van der Waals surface area contributed by atoms with Crippen LogP contribution in [-0.4, -0.2) is 15.9 Å². The first-order chi connectivity index (χ1) is 16.2. The summed E-state index contributed by atoms with van der Waals surface area (Å²) in [4.78, 5) is 22.5. The van der Waals surface area contributed by atoms with Gasteiger partial charge in [0.25, 0.3) is 0 Å². The highest BCUT2D eigenvalue weighted by molar-refractivity contribution is 5.93. The van der Waals surface area contributed by atoms with E-state index in [0.717, 1.165) is 40.9 Å². The topological polar surface area (TPSA) is 54.9 Å². The molecule has 1 heterocycles. The summed E-state index contributed by atoms with van der Waals surface area (Å²) in [6, 6.07) is 24.7.